The maximum Gasteiger partial charge on any atom is 0.253 e. The van der Waals surface area contributed by atoms with E-state index in [2.05, 4.69) is 68.0 Å². The number of tetrazole rings is 1. The molecule has 1 saturated carbocycles. The minimum absolute atomic E-state index is 0.0894. The van der Waals surface area contributed by atoms with Crippen LogP contribution in [0.4, 0.5) is 0 Å². The summed E-state index contributed by atoms with van der Waals surface area (Å²) in [7, 11) is 0. The molecule has 0 amide bonds. The monoisotopic (exact) mass is 532 g/mol. The number of nitrogens with one attached hydrogen (secondary N) is 1. The average molecular weight is 533 g/mol. The molecule has 6 rings (SSSR count). The average Bonchev–Trinajstić information content (AvgIpc) is 3.73. The Morgan fingerprint density at radius 2 is 2.05 bits per heavy atom. The molecule has 1 aliphatic carbocycles. The van der Waals surface area contributed by atoms with Crippen molar-refractivity contribution >= 4 is 22.2 Å². The second-order valence-electron chi connectivity index (χ2n) is 10.6. The Morgan fingerprint density at radius 3 is 2.82 bits per heavy atom. The highest BCUT2D eigenvalue weighted by Gasteiger charge is 2.35. The van der Waals surface area contributed by atoms with Crippen LogP contribution in [0.15, 0.2) is 46.6 Å². The topological polar surface area (TPSA) is 88.9 Å². The predicted octanol–water partition coefficient (Wildman–Crippen LogP) is 5.41. The number of hydrogen-bond acceptors (Lipinski definition) is 7. The molecular weight excluding hydrogens is 496 g/mol. The fourth-order valence-corrected chi connectivity index (χ4v) is 6.80. The number of fused-ring (bicyclic) bond motifs is 1. The van der Waals surface area contributed by atoms with Crippen molar-refractivity contribution in [2.24, 2.45) is 0 Å². The molecule has 9 heteroatoms. The Hall–Kier alpha value is -2.88. The molecule has 38 heavy (non-hydrogen) atoms. The smallest absolute Gasteiger partial charge is 0.253 e. The van der Waals surface area contributed by atoms with Gasteiger partial charge < -0.3 is 9.72 Å². The first-order chi connectivity index (χ1) is 18.7. The third-order valence-corrected chi connectivity index (χ3v) is 8.95. The molecule has 3 aromatic heterocycles. The summed E-state index contributed by atoms with van der Waals surface area (Å²) in [6.07, 6.45) is 8.91. The quantitative estimate of drug-likeness (QED) is 0.310. The number of aromatic amines is 1. The van der Waals surface area contributed by atoms with E-state index in [9.17, 15) is 4.79 Å². The zero-order chi connectivity index (χ0) is 25.9. The first-order valence-electron chi connectivity index (χ1n) is 14.0. The van der Waals surface area contributed by atoms with Gasteiger partial charge in [0.15, 0.2) is 5.82 Å². The Kier molecular flexibility index (Phi) is 7.67. The SMILES string of the molecule is CCc1ccc2[nH]c(=O)c(C(c3nnnn3C3CCCCC3)N(Cc3cccs3)CC3CCCO3)cc2c1. The van der Waals surface area contributed by atoms with E-state index in [1.807, 2.05) is 10.7 Å². The fraction of sp³-hybridized carbons (Fsp3) is 0.517. The van der Waals surface area contributed by atoms with Crippen LogP contribution in [0.25, 0.3) is 10.9 Å². The van der Waals surface area contributed by atoms with Crippen molar-refractivity contribution in [2.45, 2.75) is 83.0 Å². The molecule has 1 aliphatic heterocycles. The van der Waals surface area contributed by atoms with Crippen LogP contribution in [0.1, 0.15) is 85.8 Å². The van der Waals surface area contributed by atoms with Gasteiger partial charge in [0.1, 0.15) is 6.04 Å². The molecule has 4 heterocycles. The van der Waals surface area contributed by atoms with Gasteiger partial charge in [0.25, 0.3) is 5.56 Å². The van der Waals surface area contributed by atoms with Gasteiger partial charge in [-0.1, -0.05) is 38.3 Å². The zero-order valence-corrected chi connectivity index (χ0v) is 22.8. The second kappa shape index (κ2) is 11.5. The van der Waals surface area contributed by atoms with E-state index in [1.54, 1.807) is 11.3 Å². The number of pyridine rings is 1. The largest absolute Gasteiger partial charge is 0.377 e. The lowest BCUT2D eigenvalue weighted by molar-refractivity contribution is 0.0571. The van der Waals surface area contributed by atoms with Crippen LogP contribution >= 0.6 is 11.3 Å². The summed E-state index contributed by atoms with van der Waals surface area (Å²) >= 11 is 1.74. The molecule has 1 saturated heterocycles. The Bertz CT molecular complexity index is 1400. The van der Waals surface area contributed by atoms with Gasteiger partial charge >= 0.3 is 0 Å². The van der Waals surface area contributed by atoms with Crippen LogP contribution in [0.5, 0.6) is 0 Å². The fourth-order valence-electron chi connectivity index (χ4n) is 6.08. The molecule has 0 spiro atoms. The van der Waals surface area contributed by atoms with Crippen LogP contribution in [-0.2, 0) is 17.7 Å². The second-order valence-corrected chi connectivity index (χ2v) is 11.7. The van der Waals surface area contributed by atoms with Gasteiger partial charge in [0, 0.05) is 35.7 Å². The minimum atomic E-state index is -0.392. The predicted molar refractivity (Wildman–Crippen MR) is 149 cm³/mol. The van der Waals surface area contributed by atoms with Gasteiger partial charge in [-0.2, -0.15) is 0 Å². The Labute approximate surface area is 227 Å². The van der Waals surface area contributed by atoms with Crippen molar-refractivity contribution in [1.82, 2.24) is 30.1 Å². The summed E-state index contributed by atoms with van der Waals surface area (Å²) in [5.74, 6) is 0.753. The number of aromatic nitrogens is 5. The summed E-state index contributed by atoms with van der Waals surface area (Å²) in [5.41, 5.74) is 2.69. The molecule has 2 atom stereocenters. The molecule has 0 bridgehead atoms. The van der Waals surface area contributed by atoms with E-state index in [1.165, 1.54) is 29.7 Å². The Morgan fingerprint density at radius 1 is 1.16 bits per heavy atom. The van der Waals surface area contributed by atoms with Crippen molar-refractivity contribution in [3.05, 3.63) is 74.0 Å². The molecule has 1 N–H and O–H groups in total. The van der Waals surface area contributed by atoms with Crippen LogP contribution < -0.4 is 5.56 Å². The molecule has 4 aromatic rings. The lowest BCUT2D eigenvalue weighted by Crippen LogP contribution is -2.39. The van der Waals surface area contributed by atoms with E-state index in [0.29, 0.717) is 18.7 Å². The van der Waals surface area contributed by atoms with Crippen LogP contribution in [0, 0.1) is 0 Å². The first-order valence-corrected chi connectivity index (χ1v) is 14.9. The number of nitrogens with zero attached hydrogens (tertiary/aromatic N) is 5. The van der Waals surface area contributed by atoms with E-state index in [-0.39, 0.29) is 17.7 Å². The third kappa shape index (κ3) is 5.32. The minimum Gasteiger partial charge on any atom is -0.377 e. The number of ether oxygens (including phenoxy) is 1. The van der Waals surface area contributed by atoms with Gasteiger partial charge in [0.2, 0.25) is 0 Å². The molecule has 200 valence electrons. The van der Waals surface area contributed by atoms with E-state index >= 15 is 0 Å². The van der Waals surface area contributed by atoms with Crippen LogP contribution in [0.3, 0.4) is 0 Å². The van der Waals surface area contributed by atoms with Crippen molar-refractivity contribution < 1.29 is 4.74 Å². The summed E-state index contributed by atoms with van der Waals surface area (Å²) in [4.78, 5) is 20.6. The number of thiophene rings is 1. The van der Waals surface area contributed by atoms with Gasteiger partial charge in [-0.15, -0.1) is 16.4 Å². The summed E-state index contributed by atoms with van der Waals surface area (Å²) < 4.78 is 8.12. The maximum atomic E-state index is 13.8. The highest BCUT2D eigenvalue weighted by atomic mass is 32.1. The molecule has 1 aromatic carbocycles. The van der Waals surface area contributed by atoms with Gasteiger partial charge in [-0.3, -0.25) is 9.69 Å². The normalized spacial score (nSPS) is 19.5. The molecule has 2 aliphatic rings. The first kappa shape index (κ1) is 25.4. The van der Waals surface area contributed by atoms with Crippen molar-refractivity contribution in [1.29, 1.82) is 0 Å². The van der Waals surface area contributed by atoms with Crippen molar-refractivity contribution in [3.8, 4) is 0 Å². The van der Waals surface area contributed by atoms with E-state index < -0.39 is 6.04 Å². The van der Waals surface area contributed by atoms with Gasteiger partial charge in [-0.25, -0.2) is 4.68 Å². The summed E-state index contributed by atoms with van der Waals surface area (Å²) in [5, 5.41) is 16.4. The van der Waals surface area contributed by atoms with Gasteiger partial charge in [-0.05, 0) is 83.1 Å². The lowest BCUT2D eigenvalue weighted by atomic mass is 9.95. The number of aryl methyl sites for hydroxylation is 1. The molecule has 0 radical (unpaired) electrons. The van der Waals surface area contributed by atoms with Gasteiger partial charge in [0.05, 0.1) is 12.1 Å². The number of benzene rings is 1. The lowest BCUT2D eigenvalue weighted by Gasteiger charge is -2.33. The number of H-pyrrole nitrogens is 1. The summed E-state index contributed by atoms with van der Waals surface area (Å²) in [6.45, 7) is 4.36. The van der Waals surface area contributed by atoms with E-state index in [4.69, 9.17) is 4.74 Å². The van der Waals surface area contributed by atoms with E-state index in [0.717, 1.165) is 55.4 Å². The zero-order valence-electron chi connectivity index (χ0n) is 22.0. The summed E-state index contributed by atoms with van der Waals surface area (Å²) in [6, 6.07) is 12.4. The van der Waals surface area contributed by atoms with Crippen LogP contribution in [0.2, 0.25) is 0 Å². The number of rotatable bonds is 9. The highest BCUT2D eigenvalue weighted by molar-refractivity contribution is 7.09. The Balaban J connectivity index is 1.50. The molecule has 2 unspecified atom stereocenters. The maximum absolute atomic E-state index is 13.8. The van der Waals surface area contributed by atoms with Crippen LogP contribution in [-0.4, -0.2) is 49.3 Å². The third-order valence-electron chi connectivity index (χ3n) is 8.09. The molecule has 8 nitrogen and oxygen atoms in total. The van der Waals surface area contributed by atoms with Crippen molar-refractivity contribution in [3.63, 3.8) is 0 Å². The molecule has 2 fully saturated rings. The molecular formula is C29H36N6O2S. The van der Waals surface area contributed by atoms with Crippen molar-refractivity contribution in [2.75, 3.05) is 13.2 Å². The highest BCUT2D eigenvalue weighted by Crippen LogP contribution is 2.35. The number of hydrogen-bond donors (Lipinski definition) is 1. The standard InChI is InChI=1S/C29H36N6O2S/c1-2-20-12-13-26-21(16-20)17-25(29(36)30-26)27(28-31-32-33-35(28)22-8-4-3-5-9-22)34(18-23-10-6-14-37-23)19-24-11-7-15-38-24/h7,11-13,15-17,22-23,27H,2-6,8-10,14,18-19H2,1H3,(H,30,36).